The van der Waals surface area contributed by atoms with E-state index < -0.39 is 0 Å². The van der Waals surface area contributed by atoms with E-state index in [4.69, 9.17) is 0 Å². The Bertz CT molecular complexity index is 533. The van der Waals surface area contributed by atoms with Gasteiger partial charge in [0.05, 0.1) is 5.39 Å². The maximum absolute atomic E-state index is 4.46. The molecule has 1 atom stereocenters. The molecule has 0 radical (unpaired) electrons. The predicted molar refractivity (Wildman–Crippen MR) is 72.7 cm³/mol. The fraction of sp³-hybridized carbons (Fsp3) is 0.538. The molecule has 2 N–H and O–H groups in total. The average molecular weight is 245 g/mol. The van der Waals surface area contributed by atoms with E-state index >= 15 is 0 Å². The number of rotatable bonds is 2. The number of nitrogens with zero attached hydrogens (tertiary/aromatic N) is 3. The maximum atomic E-state index is 4.46. The SMILES string of the molecule is CC(C)C1CN(c2ncnc3[nH]ccc23)CCN1. The van der Waals surface area contributed by atoms with E-state index in [-0.39, 0.29) is 0 Å². The van der Waals surface area contributed by atoms with Crippen molar-refractivity contribution in [3.8, 4) is 0 Å². The summed E-state index contributed by atoms with van der Waals surface area (Å²) in [5.74, 6) is 1.68. The van der Waals surface area contributed by atoms with Crippen LogP contribution in [0.5, 0.6) is 0 Å². The van der Waals surface area contributed by atoms with Gasteiger partial charge in [-0.3, -0.25) is 0 Å². The molecule has 0 aromatic carbocycles. The minimum Gasteiger partial charge on any atom is -0.353 e. The van der Waals surface area contributed by atoms with Crippen LogP contribution in [0.3, 0.4) is 0 Å². The smallest absolute Gasteiger partial charge is 0.142 e. The fourth-order valence-electron chi connectivity index (χ4n) is 2.53. The van der Waals surface area contributed by atoms with Crippen molar-refractivity contribution < 1.29 is 0 Å². The van der Waals surface area contributed by atoms with Crippen LogP contribution >= 0.6 is 0 Å². The summed E-state index contributed by atoms with van der Waals surface area (Å²) in [5.41, 5.74) is 0.916. The van der Waals surface area contributed by atoms with Gasteiger partial charge in [0.1, 0.15) is 17.8 Å². The van der Waals surface area contributed by atoms with Crippen LogP contribution in [0.15, 0.2) is 18.6 Å². The number of piperazine rings is 1. The van der Waals surface area contributed by atoms with E-state index in [1.54, 1.807) is 6.33 Å². The maximum Gasteiger partial charge on any atom is 0.142 e. The lowest BCUT2D eigenvalue weighted by atomic mass is 10.0. The van der Waals surface area contributed by atoms with Crippen LogP contribution < -0.4 is 10.2 Å². The first-order valence-electron chi connectivity index (χ1n) is 6.52. The van der Waals surface area contributed by atoms with Crippen molar-refractivity contribution in [1.82, 2.24) is 20.3 Å². The summed E-state index contributed by atoms with van der Waals surface area (Å²) in [6.07, 6.45) is 3.56. The van der Waals surface area contributed by atoms with Gasteiger partial charge in [-0.1, -0.05) is 13.8 Å². The van der Waals surface area contributed by atoms with E-state index in [1.807, 2.05) is 6.20 Å². The van der Waals surface area contributed by atoms with Gasteiger partial charge in [0.2, 0.25) is 0 Å². The summed E-state index contributed by atoms with van der Waals surface area (Å²) in [6.45, 7) is 7.54. The molecule has 1 fully saturated rings. The Morgan fingerprint density at radius 3 is 3.11 bits per heavy atom. The van der Waals surface area contributed by atoms with Crippen molar-refractivity contribution in [3.05, 3.63) is 18.6 Å². The van der Waals surface area contributed by atoms with Crippen molar-refractivity contribution in [1.29, 1.82) is 0 Å². The molecule has 1 aliphatic heterocycles. The van der Waals surface area contributed by atoms with E-state index in [2.05, 4.69) is 45.1 Å². The molecule has 0 aliphatic carbocycles. The molecule has 0 spiro atoms. The molecule has 3 rings (SSSR count). The molecule has 96 valence electrons. The summed E-state index contributed by atoms with van der Waals surface area (Å²) in [7, 11) is 0. The molecule has 5 heteroatoms. The monoisotopic (exact) mass is 245 g/mol. The lowest BCUT2D eigenvalue weighted by molar-refractivity contribution is 0.367. The van der Waals surface area contributed by atoms with Crippen LogP contribution in [-0.4, -0.2) is 40.6 Å². The Balaban J connectivity index is 1.92. The number of hydrogen-bond acceptors (Lipinski definition) is 4. The average Bonchev–Trinajstić information content (AvgIpc) is 2.87. The lowest BCUT2D eigenvalue weighted by Gasteiger charge is -2.36. The first-order valence-corrected chi connectivity index (χ1v) is 6.52. The number of H-pyrrole nitrogens is 1. The third-order valence-corrected chi connectivity index (χ3v) is 3.64. The summed E-state index contributed by atoms with van der Waals surface area (Å²) < 4.78 is 0. The predicted octanol–water partition coefficient (Wildman–Crippen LogP) is 1.39. The van der Waals surface area contributed by atoms with Crippen molar-refractivity contribution in [2.45, 2.75) is 19.9 Å². The van der Waals surface area contributed by atoms with Crippen LogP contribution in [0.2, 0.25) is 0 Å². The van der Waals surface area contributed by atoms with E-state index in [0.717, 1.165) is 36.5 Å². The molecule has 1 saturated heterocycles. The van der Waals surface area contributed by atoms with Gasteiger partial charge < -0.3 is 15.2 Å². The molecule has 0 bridgehead atoms. The number of aromatic nitrogens is 3. The fourth-order valence-corrected chi connectivity index (χ4v) is 2.53. The van der Waals surface area contributed by atoms with Crippen LogP contribution in [-0.2, 0) is 0 Å². The standard InChI is InChI=1S/C13H19N5/c1-9(2)11-7-18(6-5-14-11)13-10-3-4-15-12(10)16-8-17-13/h3-4,8-9,11,14H,5-7H2,1-2H3,(H,15,16,17). The second-order valence-electron chi connectivity index (χ2n) is 5.19. The van der Waals surface area contributed by atoms with Crippen LogP contribution in [0, 0.1) is 5.92 Å². The molecule has 3 heterocycles. The van der Waals surface area contributed by atoms with Crippen molar-refractivity contribution in [2.75, 3.05) is 24.5 Å². The molecular weight excluding hydrogens is 226 g/mol. The number of anilines is 1. The summed E-state index contributed by atoms with van der Waals surface area (Å²) >= 11 is 0. The lowest BCUT2D eigenvalue weighted by Crippen LogP contribution is -2.53. The van der Waals surface area contributed by atoms with Gasteiger partial charge in [-0.2, -0.15) is 0 Å². The zero-order valence-electron chi connectivity index (χ0n) is 10.8. The van der Waals surface area contributed by atoms with Gasteiger partial charge in [0.15, 0.2) is 0 Å². The zero-order chi connectivity index (χ0) is 12.5. The van der Waals surface area contributed by atoms with Crippen molar-refractivity contribution in [3.63, 3.8) is 0 Å². The molecule has 2 aromatic rings. The van der Waals surface area contributed by atoms with E-state index in [9.17, 15) is 0 Å². The first kappa shape index (κ1) is 11.5. The molecule has 0 saturated carbocycles. The largest absolute Gasteiger partial charge is 0.353 e. The second-order valence-corrected chi connectivity index (χ2v) is 5.19. The Morgan fingerprint density at radius 1 is 1.39 bits per heavy atom. The Kier molecular flexibility index (Phi) is 2.91. The number of hydrogen-bond donors (Lipinski definition) is 2. The highest BCUT2D eigenvalue weighted by Crippen LogP contribution is 2.23. The van der Waals surface area contributed by atoms with Crippen molar-refractivity contribution >= 4 is 16.9 Å². The molecule has 1 aliphatic rings. The molecule has 0 amide bonds. The Labute approximate surface area is 107 Å². The highest BCUT2D eigenvalue weighted by molar-refractivity contribution is 5.87. The van der Waals surface area contributed by atoms with E-state index in [0.29, 0.717) is 12.0 Å². The number of aromatic amines is 1. The third-order valence-electron chi connectivity index (χ3n) is 3.64. The molecular formula is C13H19N5. The van der Waals surface area contributed by atoms with Crippen molar-refractivity contribution in [2.24, 2.45) is 5.92 Å². The van der Waals surface area contributed by atoms with Gasteiger partial charge in [0, 0.05) is 31.9 Å². The minimum atomic E-state index is 0.530. The highest BCUT2D eigenvalue weighted by Gasteiger charge is 2.23. The van der Waals surface area contributed by atoms with Gasteiger partial charge in [-0.15, -0.1) is 0 Å². The molecule has 5 nitrogen and oxygen atoms in total. The summed E-state index contributed by atoms with van der Waals surface area (Å²) in [4.78, 5) is 14.2. The Morgan fingerprint density at radius 2 is 2.28 bits per heavy atom. The van der Waals surface area contributed by atoms with Crippen LogP contribution in [0.1, 0.15) is 13.8 Å². The summed E-state index contributed by atoms with van der Waals surface area (Å²) in [6, 6.07) is 2.58. The number of nitrogens with one attached hydrogen (secondary N) is 2. The van der Waals surface area contributed by atoms with Gasteiger partial charge >= 0.3 is 0 Å². The molecule has 18 heavy (non-hydrogen) atoms. The highest BCUT2D eigenvalue weighted by atomic mass is 15.3. The second kappa shape index (κ2) is 4.57. The van der Waals surface area contributed by atoms with Gasteiger partial charge in [-0.25, -0.2) is 9.97 Å². The third kappa shape index (κ3) is 1.95. The van der Waals surface area contributed by atoms with Crippen LogP contribution in [0.25, 0.3) is 11.0 Å². The first-order chi connectivity index (χ1) is 8.75. The Hall–Kier alpha value is -1.62. The molecule has 1 unspecified atom stereocenters. The minimum absolute atomic E-state index is 0.530. The number of fused-ring (bicyclic) bond motifs is 1. The quantitative estimate of drug-likeness (QED) is 0.839. The van der Waals surface area contributed by atoms with Crippen LogP contribution in [0.4, 0.5) is 5.82 Å². The normalized spacial score (nSPS) is 20.8. The van der Waals surface area contributed by atoms with E-state index in [1.165, 1.54) is 0 Å². The van der Waals surface area contributed by atoms with Gasteiger partial charge in [0.25, 0.3) is 0 Å². The zero-order valence-corrected chi connectivity index (χ0v) is 10.8. The van der Waals surface area contributed by atoms with Gasteiger partial charge in [-0.05, 0) is 12.0 Å². The topological polar surface area (TPSA) is 56.8 Å². The molecule has 2 aromatic heterocycles. The summed E-state index contributed by atoms with van der Waals surface area (Å²) in [5, 5.41) is 4.68.